The number of aliphatic hydroxyl groups is 1. The first kappa shape index (κ1) is 18.5. The number of amides is 1. The zero-order valence-electron chi connectivity index (χ0n) is 15.5. The van der Waals surface area contributed by atoms with Crippen LogP contribution in [0.2, 0.25) is 0 Å². The minimum Gasteiger partial charge on any atom is -0.457 e. The standard InChI is InChI=1S/C22H27NO3/c1-21(2,25)22(14-7-4-8-15-22)23(17-24)18-10-9-13-20(16-18)26-19-11-5-3-6-12-19/h3,5-6,9-13,16-17,25H,4,7-8,14-15H2,1-2H3. The summed E-state index contributed by atoms with van der Waals surface area (Å²) in [7, 11) is 0. The second kappa shape index (κ2) is 7.50. The van der Waals surface area contributed by atoms with E-state index in [4.69, 9.17) is 4.74 Å². The molecule has 1 aliphatic carbocycles. The Kier molecular flexibility index (Phi) is 5.33. The number of carbonyl (C=O) groups is 1. The predicted molar refractivity (Wildman–Crippen MR) is 104 cm³/mol. The number of benzene rings is 2. The molecule has 0 saturated heterocycles. The van der Waals surface area contributed by atoms with Gasteiger partial charge in [0, 0.05) is 11.8 Å². The minimum absolute atomic E-state index is 0.599. The summed E-state index contributed by atoms with van der Waals surface area (Å²) in [5.41, 5.74) is -0.847. The first-order valence-corrected chi connectivity index (χ1v) is 9.26. The molecule has 0 unspecified atom stereocenters. The van der Waals surface area contributed by atoms with Crippen molar-refractivity contribution in [3.63, 3.8) is 0 Å². The van der Waals surface area contributed by atoms with Crippen molar-refractivity contribution in [2.75, 3.05) is 4.90 Å². The van der Waals surface area contributed by atoms with Gasteiger partial charge in [0.25, 0.3) is 0 Å². The third-order valence-corrected chi connectivity index (χ3v) is 5.46. The van der Waals surface area contributed by atoms with E-state index >= 15 is 0 Å². The van der Waals surface area contributed by atoms with Gasteiger partial charge in [0.1, 0.15) is 11.5 Å². The van der Waals surface area contributed by atoms with Crippen LogP contribution in [0, 0.1) is 0 Å². The maximum atomic E-state index is 12.1. The Morgan fingerprint density at radius 2 is 1.65 bits per heavy atom. The van der Waals surface area contributed by atoms with Crippen LogP contribution in [0.1, 0.15) is 46.0 Å². The van der Waals surface area contributed by atoms with Crippen molar-refractivity contribution in [1.29, 1.82) is 0 Å². The molecule has 4 heteroatoms. The molecular formula is C22H27NO3. The molecule has 0 heterocycles. The Labute approximate surface area is 155 Å². The first-order chi connectivity index (χ1) is 12.5. The van der Waals surface area contributed by atoms with Gasteiger partial charge in [-0.15, -0.1) is 0 Å². The van der Waals surface area contributed by atoms with E-state index in [1.54, 1.807) is 18.7 Å². The fourth-order valence-electron chi connectivity index (χ4n) is 4.01. The van der Waals surface area contributed by atoms with Crippen LogP contribution in [0.5, 0.6) is 11.5 Å². The van der Waals surface area contributed by atoms with Crippen LogP contribution in [-0.2, 0) is 4.79 Å². The van der Waals surface area contributed by atoms with Gasteiger partial charge in [0.05, 0.1) is 11.1 Å². The van der Waals surface area contributed by atoms with Crippen molar-refractivity contribution in [3.8, 4) is 11.5 Å². The van der Waals surface area contributed by atoms with Crippen LogP contribution in [0.15, 0.2) is 54.6 Å². The number of carbonyl (C=O) groups excluding carboxylic acids is 1. The molecule has 1 N–H and O–H groups in total. The van der Waals surface area contributed by atoms with Gasteiger partial charge in [0.2, 0.25) is 6.41 Å². The zero-order chi connectivity index (χ0) is 18.6. The van der Waals surface area contributed by atoms with Crippen LogP contribution in [0.4, 0.5) is 5.69 Å². The van der Waals surface area contributed by atoms with E-state index in [-0.39, 0.29) is 0 Å². The molecule has 0 bridgehead atoms. The summed E-state index contributed by atoms with van der Waals surface area (Å²) in [5, 5.41) is 10.9. The lowest BCUT2D eigenvalue weighted by molar-refractivity contribution is -0.112. The molecule has 0 atom stereocenters. The quantitative estimate of drug-likeness (QED) is 0.750. The Hall–Kier alpha value is -2.33. The highest BCUT2D eigenvalue weighted by Gasteiger charge is 2.49. The summed E-state index contributed by atoms with van der Waals surface area (Å²) < 4.78 is 5.91. The summed E-state index contributed by atoms with van der Waals surface area (Å²) in [4.78, 5) is 13.8. The second-order valence-corrected chi connectivity index (χ2v) is 7.54. The van der Waals surface area contributed by atoms with Gasteiger partial charge < -0.3 is 14.7 Å². The molecule has 1 aliphatic rings. The lowest BCUT2D eigenvalue weighted by Gasteiger charge is -2.51. The summed E-state index contributed by atoms with van der Waals surface area (Å²) >= 11 is 0. The Morgan fingerprint density at radius 3 is 2.27 bits per heavy atom. The molecule has 0 aromatic heterocycles. The summed E-state index contributed by atoms with van der Waals surface area (Å²) in [6.45, 7) is 3.61. The lowest BCUT2D eigenvalue weighted by atomic mass is 9.70. The van der Waals surface area contributed by atoms with Crippen molar-refractivity contribution in [2.24, 2.45) is 0 Å². The van der Waals surface area contributed by atoms with Crippen molar-refractivity contribution in [3.05, 3.63) is 54.6 Å². The van der Waals surface area contributed by atoms with E-state index < -0.39 is 11.1 Å². The van der Waals surface area contributed by atoms with Gasteiger partial charge in [0.15, 0.2) is 0 Å². The van der Waals surface area contributed by atoms with Crippen molar-refractivity contribution >= 4 is 12.1 Å². The number of hydrogen-bond acceptors (Lipinski definition) is 3. The summed E-state index contributed by atoms with van der Waals surface area (Å²) in [5.74, 6) is 1.42. The molecule has 138 valence electrons. The zero-order valence-corrected chi connectivity index (χ0v) is 15.5. The van der Waals surface area contributed by atoms with Gasteiger partial charge >= 0.3 is 0 Å². The van der Waals surface area contributed by atoms with E-state index in [9.17, 15) is 9.90 Å². The van der Waals surface area contributed by atoms with Crippen molar-refractivity contribution in [1.82, 2.24) is 0 Å². The molecule has 2 aromatic rings. The van der Waals surface area contributed by atoms with Crippen molar-refractivity contribution in [2.45, 2.75) is 57.1 Å². The Bertz CT molecular complexity index is 731. The highest BCUT2D eigenvalue weighted by Crippen LogP contribution is 2.43. The van der Waals surface area contributed by atoms with Crippen LogP contribution in [-0.4, -0.2) is 22.7 Å². The monoisotopic (exact) mass is 353 g/mol. The van der Waals surface area contributed by atoms with Crippen LogP contribution < -0.4 is 9.64 Å². The smallest absolute Gasteiger partial charge is 0.214 e. The number of rotatable bonds is 6. The average Bonchev–Trinajstić information content (AvgIpc) is 2.63. The highest BCUT2D eigenvalue weighted by molar-refractivity contribution is 5.78. The molecule has 1 saturated carbocycles. The number of anilines is 1. The molecule has 0 spiro atoms. The number of ether oxygens (including phenoxy) is 1. The Morgan fingerprint density at radius 1 is 1.00 bits per heavy atom. The van der Waals surface area contributed by atoms with Gasteiger partial charge in [-0.3, -0.25) is 4.79 Å². The highest BCUT2D eigenvalue weighted by atomic mass is 16.5. The number of para-hydroxylation sites is 1. The van der Waals surface area contributed by atoms with E-state index in [1.165, 1.54) is 0 Å². The van der Waals surface area contributed by atoms with Crippen LogP contribution in [0.3, 0.4) is 0 Å². The van der Waals surface area contributed by atoms with E-state index in [1.807, 2.05) is 54.6 Å². The molecule has 0 aliphatic heterocycles. The average molecular weight is 353 g/mol. The fraction of sp³-hybridized carbons (Fsp3) is 0.409. The van der Waals surface area contributed by atoms with Crippen LogP contribution >= 0.6 is 0 Å². The molecule has 3 rings (SSSR count). The minimum atomic E-state index is -0.995. The van der Waals surface area contributed by atoms with Gasteiger partial charge in [-0.1, -0.05) is 43.5 Å². The lowest BCUT2D eigenvalue weighted by Crippen LogP contribution is -2.62. The predicted octanol–water partition coefficient (Wildman–Crippen LogP) is 4.92. The maximum Gasteiger partial charge on any atom is 0.214 e. The molecule has 1 amide bonds. The third-order valence-electron chi connectivity index (χ3n) is 5.46. The molecule has 2 aromatic carbocycles. The number of hydrogen-bond donors (Lipinski definition) is 1. The third kappa shape index (κ3) is 3.61. The van der Waals surface area contributed by atoms with E-state index in [0.717, 1.165) is 50.0 Å². The van der Waals surface area contributed by atoms with E-state index in [0.29, 0.717) is 5.75 Å². The van der Waals surface area contributed by atoms with Gasteiger partial charge in [-0.25, -0.2) is 0 Å². The molecule has 26 heavy (non-hydrogen) atoms. The summed E-state index contributed by atoms with van der Waals surface area (Å²) in [6.07, 6.45) is 5.59. The number of nitrogens with zero attached hydrogens (tertiary/aromatic N) is 1. The molecule has 0 radical (unpaired) electrons. The fourth-order valence-corrected chi connectivity index (χ4v) is 4.01. The maximum absolute atomic E-state index is 12.1. The van der Waals surface area contributed by atoms with Gasteiger partial charge in [-0.05, 0) is 51.0 Å². The van der Waals surface area contributed by atoms with Crippen LogP contribution in [0.25, 0.3) is 0 Å². The molecular weight excluding hydrogens is 326 g/mol. The topological polar surface area (TPSA) is 49.8 Å². The van der Waals surface area contributed by atoms with Crippen molar-refractivity contribution < 1.29 is 14.6 Å². The SMILES string of the molecule is CC(C)(O)C1(N(C=O)c2cccc(Oc3ccccc3)c2)CCCCC1. The molecule has 4 nitrogen and oxygen atoms in total. The normalized spacial score (nSPS) is 16.7. The summed E-state index contributed by atoms with van der Waals surface area (Å²) in [6, 6.07) is 17.1. The first-order valence-electron chi connectivity index (χ1n) is 9.26. The molecule has 1 fully saturated rings. The van der Waals surface area contributed by atoms with Gasteiger partial charge in [-0.2, -0.15) is 0 Å². The largest absolute Gasteiger partial charge is 0.457 e. The van der Waals surface area contributed by atoms with E-state index in [2.05, 4.69) is 0 Å². The second-order valence-electron chi connectivity index (χ2n) is 7.54. The Balaban J connectivity index is 1.94.